The number of carboxylic acids is 1. The first kappa shape index (κ1) is 9.33. The normalized spacial score (nSPS) is 16.2. The predicted octanol–water partition coefficient (Wildman–Crippen LogP) is 1.69. The van der Waals surface area contributed by atoms with E-state index in [2.05, 4.69) is 9.97 Å². The Morgan fingerprint density at radius 2 is 2.31 bits per heavy atom. The predicted molar refractivity (Wildman–Crippen MR) is 56.5 cm³/mol. The molecule has 0 bridgehead atoms. The number of hydrogen-bond donors (Lipinski definition) is 1. The van der Waals surface area contributed by atoms with Gasteiger partial charge in [-0.05, 0) is 12.8 Å². The highest BCUT2D eigenvalue weighted by atomic mass is 16.4. The second-order valence-corrected chi connectivity index (χ2v) is 4.14. The number of aromatic carboxylic acids is 1. The van der Waals surface area contributed by atoms with Crippen LogP contribution in [0.25, 0.3) is 5.65 Å². The maximum Gasteiger partial charge on any atom is 0.356 e. The lowest BCUT2D eigenvalue weighted by atomic mass is 9.83. The summed E-state index contributed by atoms with van der Waals surface area (Å²) < 4.78 is 1.64. The average molecular weight is 217 g/mol. The molecule has 0 radical (unpaired) electrons. The zero-order valence-corrected chi connectivity index (χ0v) is 8.63. The molecule has 82 valence electrons. The number of carboxylic acid groups (broad SMARTS) is 1. The van der Waals surface area contributed by atoms with E-state index in [9.17, 15) is 4.79 Å². The van der Waals surface area contributed by atoms with Crippen molar-refractivity contribution in [2.45, 2.75) is 25.2 Å². The maximum atomic E-state index is 10.8. The van der Waals surface area contributed by atoms with Crippen molar-refractivity contribution in [3.8, 4) is 0 Å². The van der Waals surface area contributed by atoms with Gasteiger partial charge in [-0.25, -0.2) is 14.8 Å². The van der Waals surface area contributed by atoms with Crippen molar-refractivity contribution < 1.29 is 9.90 Å². The summed E-state index contributed by atoms with van der Waals surface area (Å²) in [5.41, 5.74) is 1.75. The van der Waals surface area contributed by atoms with Gasteiger partial charge in [0.1, 0.15) is 12.0 Å². The first-order valence-electron chi connectivity index (χ1n) is 5.32. The fraction of sp³-hybridized carbons (Fsp3) is 0.364. The molecule has 0 spiro atoms. The summed E-state index contributed by atoms with van der Waals surface area (Å²) in [6.45, 7) is 0. The van der Waals surface area contributed by atoms with E-state index < -0.39 is 5.97 Å². The summed E-state index contributed by atoms with van der Waals surface area (Å²) in [6, 6.07) is 1.89. The van der Waals surface area contributed by atoms with Crippen LogP contribution >= 0.6 is 0 Å². The Kier molecular flexibility index (Phi) is 1.92. The van der Waals surface area contributed by atoms with E-state index in [4.69, 9.17) is 5.11 Å². The van der Waals surface area contributed by atoms with Crippen molar-refractivity contribution >= 4 is 11.6 Å². The minimum Gasteiger partial charge on any atom is -0.476 e. The fourth-order valence-corrected chi connectivity index (χ4v) is 1.94. The molecule has 1 N–H and O–H groups in total. The van der Waals surface area contributed by atoms with Gasteiger partial charge in [-0.3, -0.25) is 4.40 Å². The Morgan fingerprint density at radius 1 is 1.50 bits per heavy atom. The fourth-order valence-electron chi connectivity index (χ4n) is 1.94. The lowest BCUT2D eigenvalue weighted by Crippen LogP contribution is -2.10. The van der Waals surface area contributed by atoms with Crippen LogP contribution in [0.2, 0.25) is 0 Å². The quantitative estimate of drug-likeness (QED) is 0.831. The van der Waals surface area contributed by atoms with Crippen molar-refractivity contribution in [2.75, 3.05) is 0 Å². The SMILES string of the molecule is O=C(O)c1cn2cnc(C3CCC3)cc2n1. The summed E-state index contributed by atoms with van der Waals surface area (Å²) in [4.78, 5) is 19.1. The monoisotopic (exact) mass is 217 g/mol. The molecular weight excluding hydrogens is 206 g/mol. The van der Waals surface area contributed by atoms with Gasteiger partial charge in [-0.1, -0.05) is 6.42 Å². The van der Waals surface area contributed by atoms with Crippen LogP contribution in [0.15, 0.2) is 18.6 Å². The molecular formula is C11H11N3O2. The van der Waals surface area contributed by atoms with Crippen molar-refractivity contribution in [3.63, 3.8) is 0 Å². The van der Waals surface area contributed by atoms with Crippen LogP contribution in [0, 0.1) is 0 Å². The van der Waals surface area contributed by atoms with E-state index in [-0.39, 0.29) is 5.69 Å². The minimum atomic E-state index is -1.01. The van der Waals surface area contributed by atoms with E-state index in [1.54, 1.807) is 10.7 Å². The molecule has 1 aliphatic rings. The minimum absolute atomic E-state index is 0.0626. The van der Waals surface area contributed by atoms with Crippen molar-refractivity contribution in [1.82, 2.24) is 14.4 Å². The van der Waals surface area contributed by atoms with Crippen LogP contribution in [0.3, 0.4) is 0 Å². The highest BCUT2D eigenvalue weighted by molar-refractivity contribution is 5.86. The molecule has 2 aromatic heterocycles. The summed E-state index contributed by atoms with van der Waals surface area (Å²) in [6.07, 6.45) is 6.73. The molecule has 5 heteroatoms. The molecule has 3 rings (SSSR count). The van der Waals surface area contributed by atoms with E-state index in [0.29, 0.717) is 11.6 Å². The zero-order chi connectivity index (χ0) is 11.1. The number of nitrogens with zero attached hydrogens (tertiary/aromatic N) is 3. The summed E-state index contributed by atoms with van der Waals surface area (Å²) in [7, 11) is 0. The highest BCUT2D eigenvalue weighted by Crippen LogP contribution is 2.35. The maximum absolute atomic E-state index is 10.8. The van der Waals surface area contributed by atoms with Crippen molar-refractivity contribution in [2.24, 2.45) is 0 Å². The van der Waals surface area contributed by atoms with Gasteiger partial charge < -0.3 is 5.11 Å². The standard InChI is InChI=1S/C11H11N3O2/c15-11(16)9-5-14-6-12-8(4-10(14)13-9)7-2-1-3-7/h4-7H,1-3H2,(H,15,16). The van der Waals surface area contributed by atoms with Gasteiger partial charge in [0.05, 0.1) is 0 Å². The number of rotatable bonds is 2. The zero-order valence-electron chi connectivity index (χ0n) is 8.63. The Hall–Kier alpha value is -1.91. The van der Waals surface area contributed by atoms with Gasteiger partial charge in [0.25, 0.3) is 0 Å². The molecule has 2 heterocycles. The average Bonchev–Trinajstić information content (AvgIpc) is 2.57. The van der Waals surface area contributed by atoms with E-state index >= 15 is 0 Å². The molecule has 1 fully saturated rings. The first-order valence-corrected chi connectivity index (χ1v) is 5.32. The molecule has 0 aliphatic heterocycles. The second kappa shape index (κ2) is 3.30. The smallest absolute Gasteiger partial charge is 0.356 e. The summed E-state index contributed by atoms with van der Waals surface area (Å²) >= 11 is 0. The van der Waals surface area contributed by atoms with Crippen molar-refractivity contribution in [3.05, 3.63) is 30.0 Å². The lowest BCUT2D eigenvalue weighted by molar-refractivity contribution is 0.0691. The molecule has 0 unspecified atom stereocenters. The molecule has 1 aliphatic carbocycles. The first-order chi connectivity index (χ1) is 7.74. The van der Waals surface area contributed by atoms with Crippen LogP contribution in [-0.4, -0.2) is 25.4 Å². The van der Waals surface area contributed by atoms with E-state index in [0.717, 1.165) is 5.69 Å². The van der Waals surface area contributed by atoms with Gasteiger partial charge in [-0.2, -0.15) is 0 Å². The number of imidazole rings is 1. The molecule has 0 atom stereocenters. The van der Waals surface area contributed by atoms with Gasteiger partial charge in [0.2, 0.25) is 0 Å². The van der Waals surface area contributed by atoms with Gasteiger partial charge in [-0.15, -0.1) is 0 Å². The van der Waals surface area contributed by atoms with Gasteiger partial charge >= 0.3 is 5.97 Å². The van der Waals surface area contributed by atoms with Crippen LogP contribution in [0.1, 0.15) is 41.4 Å². The molecule has 5 nitrogen and oxygen atoms in total. The third-order valence-electron chi connectivity index (χ3n) is 3.11. The van der Waals surface area contributed by atoms with Crippen LogP contribution < -0.4 is 0 Å². The Balaban J connectivity index is 2.06. The topological polar surface area (TPSA) is 67.5 Å². The lowest BCUT2D eigenvalue weighted by Gasteiger charge is -2.24. The number of aromatic nitrogens is 3. The molecule has 0 amide bonds. The Labute approximate surface area is 91.8 Å². The third-order valence-corrected chi connectivity index (χ3v) is 3.11. The van der Waals surface area contributed by atoms with E-state index in [1.165, 1.54) is 25.5 Å². The molecule has 16 heavy (non-hydrogen) atoms. The van der Waals surface area contributed by atoms with Gasteiger partial charge in [0.15, 0.2) is 5.69 Å². The Morgan fingerprint density at radius 3 is 2.94 bits per heavy atom. The van der Waals surface area contributed by atoms with Crippen molar-refractivity contribution in [1.29, 1.82) is 0 Å². The molecule has 1 saturated carbocycles. The Bertz CT molecular complexity index is 557. The number of fused-ring (bicyclic) bond motifs is 1. The number of carbonyl (C=O) groups is 1. The van der Waals surface area contributed by atoms with Crippen LogP contribution in [-0.2, 0) is 0 Å². The van der Waals surface area contributed by atoms with Crippen LogP contribution in [0.5, 0.6) is 0 Å². The molecule has 0 aromatic carbocycles. The highest BCUT2D eigenvalue weighted by Gasteiger charge is 2.21. The number of hydrogen-bond acceptors (Lipinski definition) is 3. The molecule has 2 aromatic rings. The summed E-state index contributed by atoms with van der Waals surface area (Å²) in [5, 5.41) is 8.83. The second-order valence-electron chi connectivity index (χ2n) is 4.14. The third kappa shape index (κ3) is 1.36. The summed E-state index contributed by atoms with van der Waals surface area (Å²) in [5.74, 6) is -0.469. The largest absolute Gasteiger partial charge is 0.476 e. The van der Waals surface area contributed by atoms with Gasteiger partial charge in [0, 0.05) is 23.9 Å². The molecule has 0 saturated heterocycles. The van der Waals surface area contributed by atoms with Crippen LogP contribution in [0.4, 0.5) is 0 Å². The van der Waals surface area contributed by atoms with E-state index in [1.807, 2.05) is 6.07 Å².